The fourth-order valence-electron chi connectivity index (χ4n) is 2.83. The third-order valence-corrected chi connectivity index (χ3v) is 5.38. The van der Waals surface area contributed by atoms with E-state index in [1.165, 1.54) is 4.88 Å². The molecule has 1 N–H and O–H groups in total. The fraction of sp³-hybridized carbons (Fsp3) is 0.200. The zero-order valence-electron chi connectivity index (χ0n) is 11.4. The van der Waals surface area contributed by atoms with E-state index >= 15 is 0 Å². The predicted molar refractivity (Wildman–Crippen MR) is 89.9 cm³/mol. The van der Waals surface area contributed by atoms with Gasteiger partial charge in [-0.2, -0.15) is 10.1 Å². The van der Waals surface area contributed by atoms with Gasteiger partial charge in [-0.15, -0.1) is 11.3 Å². The number of anilines is 1. The summed E-state index contributed by atoms with van der Waals surface area (Å²) in [7, 11) is 0. The molecule has 1 aliphatic rings. The molecule has 0 radical (unpaired) electrons. The second-order valence-electron chi connectivity index (χ2n) is 5.16. The summed E-state index contributed by atoms with van der Waals surface area (Å²) in [6.07, 6.45) is 2.44. The molecule has 0 aliphatic carbocycles. The smallest absolute Gasteiger partial charge is 0.222 e. The molecule has 2 atom stereocenters. The summed E-state index contributed by atoms with van der Waals surface area (Å²) in [6.45, 7) is 0. The number of nitrogens with zero attached hydrogens (tertiary/aromatic N) is 3. The van der Waals surface area contributed by atoms with Crippen LogP contribution in [0, 0.1) is 0 Å². The molecule has 2 aromatic heterocycles. The van der Waals surface area contributed by atoms with Gasteiger partial charge in [0.05, 0.1) is 12.1 Å². The van der Waals surface area contributed by atoms with Gasteiger partial charge in [0.1, 0.15) is 6.33 Å². The molecule has 4 rings (SSSR count). The average molecular weight is 351 g/mol. The second kappa shape index (κ2) is 5.57. The Kier molecular flexibility index (Phi) is 3.56. The number of benzene rings is 1. The largest absolute Gasteiger partial charge is 0.347 e. The molecule has 3 aromatic rings. The number of aromatic nitrogens is 3. The van der Waals surface area contributed by atoms with Crippen LogP contribution in [0.5, 0.6) is 0 Å². The molecule has 0 saturated carbocycles. The highest BCUT2D eigenvalue weighted by Gasteiger charge is 2.31. The second-order valence-corrected chi connectivity index (χ2v) is 6.98. The van der Waals surface area contributed by atoms with E-state index in [1.807, 2.05) is 16.8 Å². The van der Waals surface area contributed by atoms with Crippen molar-refractivity contribution in [3.63, 3.8) is 0 Å². The Morgan fingerprint density at radius 2 is 2.18 bits per heavy atom. The fourth-order valence-corrected chi connectivity index (χ4v) is 4.19. The lowest BCUT2D eigenvalue weighted by Gasteiger charge is -2.31. The van der Waals surface area contributed by atoms with Crippen LogP contribution in [0.15, 0.2) is 42.0 Å². The molecular formula is C15H12Cl2N4S. The lowest BCUT2D eigenvalue weighted by atomic mass is 9.97. The number of hydrogen-bond donors (Lipinski definition) is 1. The molecule has 0 spiro atoms. The van der Waals surface area contributed by atoms with Crippen molar-refractivity contribution in [3.05, 3.63) is 62.5 Å². The van der Waals surface area contributed by atoms with Crippen LogP contribution in [-0.2, 0) is 0 Å². The molecule has 112 valence electrons. The van der Waals surface area contributed by atoms with Crippen molar-refractivity contribution in [2.45, 2.75) is 18.5 Å². The van der Waals surface area contributed by atoms with Crippen molar-refractivity contribution in [2.75, 3.05) is 5.32 Å². The van der Waals surface area contributed by atoms with Gasteiger partial charge >= 0.3 is 0 Å². The van der Waals surface area contributed by atoms with Crippen LogP contribution < -0.4 is 5.32 Å². The predicted octanol–water partition coefficient (Wildman–Crippen LogP) is 4.79. The maximum atomic E-state index is 6.37. The zero-order valence-corrected chi connectivity index (χ0v) is 13.7. The summed E-state index contributed by atoms with van der Waals surface area (Å²) < 4.78 is 1.94. The third-order valence-electron chi connectivity index (χ3n) is 3.84. The number of halogens is 2. The van der Waals surface area contributed by atoms with Crippen LogP contribution in [0.4, 0.5) is 5.95 Å². The van der Waals surface area contributed by atoms with E-state index in [0.717, 1.165) is 17.9 Å². The molecule has 0 saturated heterocycles. The Morgan fingerprint density at radius 1 is 1.27 bits per heavy atom. The van der Waals surface area contributed by atoms with Gasteiger partial charge < -0.3 is 5.32 Å². The van der Waals surface area contributed by atoms with Crippen LogP contribution >= 0.6 is 34.5 Å². The van der Waals surface area contributed by atoms with Crippen LogP contribution in [0.1, 0.15) is 28.9 Å². The molecule has 0 fully saturated rings. The Bertz CT molecular complexity index is 800. The van der Waals surface area contributed by atoms with Gasteiger partial charge in [-0.3, -0.25) is 0 Å². The average Bonchev–Trinajstić information content (AvgIpc) is 3.17. The SMILES string of the molecule is Clc1ccc([C@@H]2C[C@@H](c3cccs3)n3ncnc3N2)c(Cl)c1. The van der Waals surface area contributed by atoms with Gasteiger partial charge in [-0.25, -0.2) is 4.68 Å². The Hall–Kier alpha value is -1.56. The first-order chi connectivity index (χ1) is 10.7. The van der Waals surface area contributed by atoms with Gasteiger partial charge in [0.25, 0.3) is 0 Å². The van der Waals surface area contributed by atoms with E-state index in [4.69, 9.17) is 23.2 Å². The molecule has 1 aromatic carbocycles. The van der Waals surface area contributed by atoms with Crippen molar-refractivity contribution >= 4 is 40.5 Å². The Labute approximate surface area is 141 Å². The van der Waals surface area contributed by atoms with Gasteiger partial charge in [0.2, 0.25) is 5.95 Å². The molecule has 3 heterocycles. The Balaban J connectivity index is 1.75. The minimum absolute atomic E-state index is 0.0774. The zero-order chi connectivity index (χ0) is 15.1. The van der Waals surface area contributed by atoms with Crippen LogP contribution in [-0.4, -0.2) is 14.8 Å². The highest BCUT2D eigenvalue weighted by molar-refractivity contribution is 7.10. The van der Waals surface area contributed by atoms with Crippen molar-refractivity contribution in [1.29, 1.82) is 0 Å². The van der Waals surface area contributed by atoms with Crippen molar-refractivity contribution < 1.29 is 0 Å². The van der Waals surface area contributed by atoms with Gasteiger partial charge in [-0.1, -0.05) is 35.3 Å². The number of fused-ring (bicyclic) bond motifs is 1. The van der Waals surface area contributed by atoms with E-state index in [2.05, 4.69) is 32.9 Å². The number of rotatable bonds is 2. The lowest BCUT2D eigenvalue weighted by molar-refractivity contribution is 0.436. The monoisotopic (exact) mass is 350 g/mol. The summed E-state index contributed by atoms with van der Waals surface area (Å²) in [6, 6.07) is 10.0. The normalized spacial score (nSPS) is 20.5. The third kappa shape index (κ3) is 2.39. The highest BCUT2D eigenvalue weighted by Crippen LogP contribution is 2.40. The van der Waals surface area contributed by atoms with Crippen LogP contribution in [0.2, 0.25) is 10.0 Å². The lowest BCUT2D eigenvalue weighted by Crippen LogP contribution is -2.27. The van der Waals surface area contributed by atoms with Crippen molar-refractivity contribution in [2.24, 2.45) is 0 Å². The number of thiophene rings is 1. The highest BCUT2D eigenvalue weighted by atomic mass is 35.5. The van der Waals surface area contributed by atoms with Crippen molar-refractivity contribution in [3.8, 4) is 0 Å². The maximum absolute atomic E-state index is 6.37. The molecule has 1 aliphatic heterocycles. The quantitative estimate of drug-likeness (QED) is 0.722. The van der Waals surface area contributed by atoms with Gasteiger partial charge in [-0.05, 0) is 35.6 Å². The number of hydrogen-bond acceptors (Lipinski definition) is 4. The molecule has 4 nitrogen and oxygen atoms in total. The summed E-state index contributed by atoms with van der Waals surface area (Å²) in [4.78, 5) is 5.58. The van der Waals surface area contributed by atoms with Gasteiger partial charge in [0, 0.05) is 14.9 Å². The number of nitrogens with one attached hydrogen (secondary N) is 1. The van der Waals surface area contributed by atoms with Crippen LogP contribution in [0.3, 0.4) is 0 Å². The Morgan fingerprint density at radius 3 is 2.95 bits per heavy atom. The topological polar surface area (TPSA) is 42.7 Å². The van der Waals surface area contributed by atoms with E-state index in [-0.39, 0.29) is 12.1 Å². The molecular weight excluding hydrogens is 339 g/mol. The minimum Gasteiger partial charge on any atom is -0.347 e. The molecule has 0 unspecified atom stereocenters. The molecule has 0 amide bonds. The summed E-state index contributed by atoms with van der Waals surface area (Å²) in [5, 5.41) is 11.2. The first-order valence-corrected chi connectivity index (χ1v) is 8.50. The summed E-state index contributed by atoms with van der Waals surface area (Å²) in [5.74, 6) is 0.765. The van der Waals surface area contributed by atoms with E-state index < -0.39 is 0 Å². The van der Waals surface area contributed by atoms with Gasteiger partial charge in [0.15, 0.2) is 0 Å². The first kappa shape index (κ1) is 14.1. The minimum atomic E-state index is 0.0774. The van der Waals surface area contributed by atoms with E-state index in [1.54, 1.807) is 23.7 Å². The maximum Gasteiger partial charge on any atom is 0.222 e. The standard InChI is InChI=1S/C15H12Cl2N4S/c16-9-3-4-10(11(17)6-9)12-7-13(14-2-1-5-22-14)21-15(20-12)18-8-19-21/h1-6,8,12-13H,7H2,(H,18,19,20)/t12-,13-/m0/s1. The summed E-state index contributed by atoms with van der Waals surface area (Å²) >= 11 is 14.1. The molecule has 0 bridgehead atoms. The van der Waals surface area contributed by atoms with Crippen molar-refractivity contribution in [1.82, 2.24) is 14.8 Å². The first-order valence-electron chi connectivity index (χ1n) is 6.87. The van der Waals surface area contributed by atoms with Crippen LogP contribution in [0.25, 0.3) is 0 Å². The summed E-state index contributed by atoms with van der Waals surface area (Å²) in [5.41, 5.74) is 1.03. The van der Waals surface area contributed by atoms with E-state index in [9.17, 15) is 0 Å². The molecule has 7 heteroatoms. The molecule has 22 heavy (non-hydrogen) atoms. The van der Waals surface area contributed by atoms with E-state index in [0.29, 0.717) is 10.0 Å².